The molecule has 0 spiro atoms. The lowest BCUT2D eigenvalue weighted by Gasteiger charge is -2.07. The minimum absolute atomic E-state index is 0.0515. The number of carboxylic acids is 1. The van der Waals surface area contributed by atoms with Crippen molar-refractivity contribution in [3.63, 3.8) is 0 Å². The second-order valence-electron chi connectivity index (χ2n) is 4.51. The molecular formula is C15H17N3O2. The van der Waals surface area contributed by atoms with Crippen LogP contribution in [0.15, 0.2) is 36.5 Å². The summed E-state index contributed by atoms with van der Waals surface area (Å²) in [6.07, 6.45) is 3.60. The molecule has 2 rings (SSSR count). The van der Waals surface area contributed by atoms with E-state index in [1.165, 1.54) is 11.6 Å². The van der Waals surface area contributed by atoms with Gasteiger partial charge < -0.3 is 10.4 Å². The largest absolute Gasteiger partial charge is 0.477 e. The molecule has 2 aromatic rings. The van der Waals surface area contributed by atoms with Crippen LogP contribution >= 0.6 is 0 Å². The molecule has 2 N–H and O–H groups in total. The predicted octanol–water partition coefficient (Wildman–Crippen LogP) is 2.53. The Labute approximate surface area is 117 Å². The van der Waals surface area contributed by atoms with Crippen molar-refractivity contribution in [3.05, 3.63) is 53.5 Å². The number of carboxylic acid groups (broad SMARTS) is 1. The summed E-state index contributed by atoms with van der Waals surface area (Å²) in [5, 5.41) is 12.0. The SMILES string of the molecule is Cc1cccnc1CCCNc1cccc(C(=O)O)n1. The zero-order chi connectivity index (χ0) is 14.4. The van der Waals surface area contributed by atoms with Crippen LogP contribution < -0.4 is 5.32 Å². The number of aromatic carboxylic acids is 1. The van der Waals surface area contributed by atoms with Gasteiger partial charge in [-0.2, -0.15) is 0 Å². The second kappa shape index (κ2) is 6.65. The maximum atomic E-state index is 10.8. The van der Waals surface area contributed by atoms with Crippen molar-refractivity contribution in [2.75, 3.05) is 11.9 Å². The highest BCUT2D eigenvalue weighted by atomic mass is 16.4. The van der Waals surface area contributed by atoms with E-state index in [0.29, 0.717) is 5.82 Å². The first-order valence-electron chi connectivity index (χ1n) is 6.51. The van der Waals surface area contributed by atoms with Gasteiger partial charge in [-0.15, -0.1) is 0 Å². The molecule has 20 heavy (non-hydrogen) atoms. The molecule has 0 saturated heterocycles. The van der Waals surface area contributed by atoms with Crippen LogP contribution in [-0.4, -0.2) is 27.6 Å². The first-order chi connectivity index (χ1) is 9.66. The minimum Gasteiger partial charge on any atom is -0.477 e. The molecule has 0 bridgehead atoms. The zero-order valence-electron chi connectivity index (χ0n) is 11.3. The summed E-state index contributed by atoms with van der Waals surface area (Å²) in [5.74, 6) is -0.430. The number of aryl methyl sites for hydroxylation is 2. The highest BCUT2D eigenvalue weighted by molar-refractivity contribution is 5.85. The van der Waals surface area contributed by atoms with Crippen LogP contribution in [-0.2, 0) is 6.42 Å². The lowest BCUT2D eigenvalue weighted by Crippen LogP contribution is -2.08. The summed E-state index contributed by atoms with van der Waals surface area (Å²) < 4.78 is 0. The van der Waals surface area contributed by atoms with E-state index in [2.05, 4.69) is 15.3 Å². The lowest BCUT2D eigenvalue weighted by molar-refractivity contribution is 0.0690. The summed E-state index contributed by atoms with van der Waals surface area (Å²) in [6, 6.07) is 8.90. The van der Waals surface area contributed by atoms with E-state index < -0.39 is 5.97 Å². The Kier molecular flexibility index (Phi) is 4.65. The van der Waals surface area contributed by atoms with Gasteiger partial charge in [-0.1, -0.05) is 12.1 Å². The minimum atomic E-state index is -1.02. The number of carbonyl (C=O) groups is 1. The van der Waals surface area contributed by atoms with Gasteiger partial charge in [0.05, 0.1) is 0 Å². The number of nitrogens with zero attached hydrogens (tertiary/aromatic N) is 2. The monoisotopic (exact) mass is 271 g/mol. The summed E-state index contributed by atoms with van der Waals surface area (Å²) in [4.78, 5) is 19.2. The van der Waals surface area contributed by atoms with Crippen molar-refractivity contribution in [1.82, 2.24) is 9.97 Å². The first kappa shape index (κ1) is 14.0. The average molecular weight is 271 g/mol. The van der Waals surface area contributed by atoms with E-state index in [4.69, 9.17) is 5.11 Å². The molecule has 0 aromatic carbocycles. The summed E-state index contributed by atoms with van der Waals surface area (Å²) in [6.45, 7) is 2.78. The van der Waals surface area contributed by atoms with Gasteiger partial charge in [0.25, 0.3) is 0 Å². The zero-order valence-corrected chi connectivity index (χ0v) is 11.3. The highest BCUT2D eigenvalue weighted by Crippen LogP contribution is 2.08. The molecule has 2 heterocycles. The van der Waals surface area contributed by atoms with Crippen molar-refractivity contribution < 1.29 is 9.90 Å². The molecule has 2 aromatic heterocycles. The molecule has 0 unspecified atom stereocenters. The smallest absolute Gasteiger partial charge is 0.354 e. The van der Waals surface area contributed by atoms with Crippen LogP contribution in [0.5, 0.6) is 0 Å². The standard InChI is InChI=1S/C15H17N3O2/c1-11-5-3-9-16-12(11)7-4-10-17-14-8-2-6-13(18-14)15(19)20/h2-3,5-6,8-9H,4,7,10H2,1H3,(H,17,18)(H,19,20). The van der Waals surface area contributed by atoms with Crippen molar-refractivity contribution >= 4 is 11.8 Å². The van der Waals surface area contributed by atoms with E-state index in [-0.39, 0.29) is 5.69 Å². The average Bonchev–Trinajstić information content (AvgIpc) is 2.45. The van der Waals surface area contributed by atoms with Crippen LogP contribution in [0.2, 0.25) is 0 Å². The quantitative estimate of drug-likeness (QED) is 0.790. The van der Waals surface area contributed by atoms with Gasteiger partial charge in [-0.3, -0.25) is 4.98 Å². The molecular weight excluding hydrogens is 254 g/mol. The third-order valence-corrected chi connectivity index (χ3v) is 2.98. The van der Waals surface area contributed by atoms with Crippen LogP contribution in [0.1, 0.15) is 28.2 Å². The van der Waals surface area contributed by atoms with E-state index in [9.17, 15) is 4.79 Å². The Bertz CT molecular complexity index is 599. The van der Waals surface area contributed by atoms with Crippen molar-refractivity contribution in [2.45, 2.75) is 19.8 Å². The Morgan fingerprint density at radius 2 is 2.15 bits per heavy atom. The molecule has 0 saturated carbocycles. The first-order valence-corrected chi connectivity index (χ1v) is 6.51. The highest BCUT2D eigenvalue weighted by Gasteiger charge is 2.04. The van der Waals surface area contributed by atoms with Gasteiger partial charge in [-0.25, -0.2) is 9.78 Å². The normalized spacial score (nSPS) is 10.2. The lowest BCUT2D eigenvalue weighted by atomic mass is 10.1. The number of rotatable bonds is 6. The summed E-state index contributed by atoms with van der Waals surface area (Å²) in [5.41, 5.74) is 2.34. The van der Waals surface area contributed by atoms with Gasteiger partial charge in [0.15, 0.2) is 5.69 Å². The Hall–Kier alpha value is -2.43. The van der Waals surface area contributed by atoms with E-state index >= 15 is 0 Å². The Morgan fingerprint density at radius 3 is 2.90 bits per heavy atom. The van der Waals surface area contributed by atoms with Gasteiger partial charge in [0.1, 0.15) is 5.82 Å². The molecule has 0 aliphatic heterocycles. The second-order valence-corrected chi connectivity index (χ2v) is 4.51. The van der Waals surface area contributed by atoms with Gasteiger partial charge in [0, 0.05) is 18.4 Å². The van der Waals surface area contributed by atoms with Crippen LogP contribution in [0.25, 0.3) is 0 Å². The Morgan fingerprint density at radius 1 is 1.30 bits per heavy atom. The fourth-order valence-corrected chi connectivity index (χ4v) is 1.90. The molecule has 0 radical (unpaired) electrons. The maximum Gasteiger partial charge on any atom is 0.354 e. The fourth-order valence-electron chi connectivity index (χ4n) is 1.90. The summed E-state index contributed by atoms with van der Waals surface area (Å²) in [7, 11) is 0. The van der Waals surface area contributed by atoms with Gasteiger partial charge in [0.2, 0.25) is 0 Å². The number of hydrogen-bond acceptors (Lipinski definition) is 4. The third kappa shape index (κ3) is 3.78. The molecule has 5 heteroatoms. The van der Waals surface area contributed by atoms with Crippen LogP contribution in [0.4, 0.5) is 5.82 Å². The molecule has 0 aliphatic rings. The predicted molar refractivity (Wildman–Crippen MR) is 77.0 cm³/mol. The molecule has 104 valence electrons. The number of hydrogen-bond donors (Lipinski definition) is 2. The van der Waals surface area contributed by atoms with E-state index in [1.807, 2.05) is 19.1 Å². The summed E-state index contributed by atoms with van der Waals surface area (Å²) >= 11 is 0. The number of pyridine rings is 2. The Balaban J connectivity index is 1.83. The van der Waals surface area contributed by atoms with Crippen molar-refractivity contribution in [3.8, 4) is 0 Å². The van der Waals surface area contributed by atoms with Gasteiger partial charge in [-0.05, 0) is 43.5 Å². The molecule has 0 fully saturated rings. The van der Waals surface area contributed by atoms with Gasteiger partial charge >= 0.3 is 5.97 Å². The van der Waals surface area contributed by atoms with E-state index in [1.54, 1.807) is 18.3 Å². The molecule has 5 nitrogen and oxygen atoms in total. The fraction of sp³-hybridized carbons (Fsp3) is 0.267. The molecule has 0 atom stereocenters. The third-order valence-electron chi connectivity index (χ3n) is 2.98. The van der Waals surface area contributed by atoms with Crippen molar-refractivity contribution in [1.29, 1.82) is 0 Å². The van der Waals surface area contributed by atoms with Crippen LogP contribution in [0.3, 0.4) is 0 Å². The number of nitrogens with one attached hydrogen (secondary N) is 1. The topological polar surface area (TPSA) is 75.1 Å². The number of aromatic nitrogens is 2. The molecule has 0 amide bonds. The van der Waals surface area contributed by atoms with Crippen LogP contribution in [0, 0.1) is 6.92 Å². The maximum absolute atomic E-state index is 10.8. The molecule has 0 aliphatic carbocycles. The number of anilines is 1. The van der Waals surface area contributed by atoms with E-state index in [0.717, 1.165) is 25.1 Å². The van der Waals surface area contributed by atoms with Crippen molar-refractivity contribution in [2.24, 2.45) is 0 Å².